The maximum atomic E-state index is 13.0. The van der Waals surface area contributed by atoms with Gasteiger partial charge in [-0.25, -0.2) is 17.6 Å². The van der Waals surface area contributed by atoms with Gasteiger partial charge in [0.2, 0.25) is 0 Å². The minimum atomic E-state index is -4.16. The first kappa shape index (κ1) is 17.7. The standard InChI is InChI=1S/C17H15FN2O5S/c1-20-15(17(22)23)16(21)13-12(26(20,24)25)7-4-10(14(13)19)8-9-2-5-11(18)6-3-9/h2-7,21H,8,19H2,1H3,(H,22,23). The Labute approximate surface area is 148 Å². The quantitative estimate of drug-likeness (QED) is 0.702. The molecule has 0 amide bonds. The van der Waals surface area contributed by atoms with Gasteiger partial charge in [-0.05, 0) is 35.7 Å². The summed E-state index contributed by atoms with van der Waals surface area (Å²) in [5.74, 6) is -2.71. The van der Waals surface area contributed by atoms with Crippen LogP contribution in [0.2, 0.25) is 0 Å². The second-order valence-electron chi connectivity index (χ2n) is 5.79. The van der Waals surface area contributed by atoms with Crippen LogP contribution in [0.15, 0.2) is 47.0 Å². The summed E-state index contributed by atoms with van der Waals surface area (Å²) < 4.78 is 38.6. The number of likely N-dealkylation sites (N-methyl/N-ethyl adjacent to an activating group) is 1. The lowest BCUT2D eigenvalue weighted by Crippen LogP contribution is -2.35. The number of aliphatic carboxylic acids is 1. The Morgan fingerprint density at radius 2 is 1.81 bits per heavy atom. The molecule has 26 heavy (non-hydrogen) atoms. The van der Waals surface area contributed by atoms with Crippen molar-refractivity contribution in [2.45, 2.75) is 11.3 Å². The third-order valence-electron chi connectivity index (χ3n) is 4.22. The highest BCUT2D eigenvalue weighted by Crippen LogP contribution is 2.39. The zero-order valence-corrected chi connectivity index (χ0v) is 14.4. The fraction of sp³-hybridized carbons (Fsp3) is 0.118. The molecule has 7 nitrogen and oxygen atoms in total. The molecular formula is C17H15FN2O5S. The maximum absolute atomic E-state index is 13.0. The first-order chi connectivity index (χ1) is 12.1. The summed E-state index contributed by atoms with van der Waals surface area (Å²) in [4.78, 5) is 11.1. The van der Waals surface area contributed by atoms with Gasteiger partial charge in [0.25, 0.3) is 10.0 Å². The Morgan fingerprint density at radius 3 is 2.38 bits per heavy atom. The number of anilines is 1. The van der Waals surface area contributed by atoms with Crippen molar-refractivity contribution in [3.63, 3.8) is 0 Å². The Balaban J connectivity index is 2.19. The lowest BCUT2D eigenvalue weighted by Gasteiger charge is -2.28. The van der Waals surface area contributed by atoms with E-state index in [9.17, 15) is 27.8 Å². The van der Waals surface area contributed by atoms with Gasteiger partial charge >= 0.3 is 5.97 Å². The molecule has 9 heteroatoms. The maximum Gasteiger partial charge on any atom is 0.357 e. The minimum Gasteiger partial charge on any atom is -0.505 e. The van der Waals surface area contributed by atoms with Crippen molar-refractivity contribution in [2.24, 2.45) is 0 Å². The molecule has 0 saturated heterocycles. The molecule has 0 atom stereocenters. The van der Waals surface area contributed by atoms with E-state index in [4.69, 9.17) is 5.73 Å². The minimum absolute atomic E-state index is 0.0419. The number of nitrogens with zero attached hydrogens (tertiary/aromatic N) is 1. The van der Waals surface area contributed by atoms with Crippen molar-refractivity contribution in [3.8, 4) is 0 Å². The van der Waals surface area contributed by atoms with Crippen LogP contribution in [0.3, 0.4) is 0 Å². The number of halogens is 1. The predicted octanol–water partition coefficient (Wildman–Crippen LogP) is 1.94. The van der Waals surface area contributed by atoms with E-state index >= 15 is 0 Å². The number of hydrogen-bond donors (Lipinski definition) is 3. The van der Waals surface area contributed by atoms with Gasteiger partial charge in [0.1, 0.15) is 10.7 Å². The third-order valence-corrected chi connectivity index (χ3v) is 6.02. The van der Waals surface area contributed by atoms with Crippen molar-refractivity contribution in [3.05, 3.63) is 64.6 Å². The normalized spacial score (nSPS) is 15.7. The van der Waals surface area contributed by atoms with E-state index in [1.807, 2.05) is 0 Å². The van der Waals surface area contributed by atoms with E-state index in [0.717, 1.165) is 12.6 Å². The van der Waals surface area contributed by atoms with Crippen LogP contribution in [-0.4, -0.2) is 36.0 Å². The number of hydrogen-bond acceptors (Lipinski definition) is 5. The molecule has 1 heterocycles. The summed E-state index contributed by atoms with van der Waals surface area (Å²) in [6, 6.07) is 8.42. The van der Waals surface area contributed by atoms with Gasteiger partial charge in [0.15, 0.2) is 11.5 Å². The molecule has 0 spiro atoms. The topological polar surface area (TPSA) is 121 Å². The number of carboxylic acid groups (broad SMARTS) is 1. The SMILES string of the molecule is CN1C(C(=O)O)=C(O)c2c(ccc(Cc3ccc(F)cc3)c2N)S1(=O)=O. The van der Waals surface area contributed by atoms with Gasteiger partial charge in [-0.1, -0.05) is 18.2 Å². The fourth-order valence-electron chi connectivity index (χ4n) is 2.85. The van der Waals surface area contributed by atoms with E-state index in [1.165, 1.54) is 24.3 Å². The molecule has 2 aromatic rings. The van der Waals surface area contributed by atoms with Crippen LogP contribution in [0.5, 0.6) is 0 Å². The summed E-state index contributed by atoms with van der Waals surface area (Å²) in [5.41, 5.74) is 6.20. The van der Waals surface area contributed by atoms with Gasteiger partial charge < -0.3 is 15.9 Å². The van der Waals surface area contributed by atoms with Crippen LogP contribution in [0.25, 0.3) is 5.76 Å². The zero-order chi connectivity index (χ0) is 19.2. The number of aliphatic hydroxyl groups excluding tert-OH is 1. The molecule has 136 valence electrons. The largest absolute Gasteiger partial charge is 0.505 e. The van der Waals surface area contributed by atoms with Gasteiger partial charge in [-0.15, -0.1) is 0 Å². The first-order valence-electron chi connectivity index (χ1n) is 7.46. The van der Waals surface area contributed by atoms with Crippen molar-refractivity contribution < 1.29 is 27.8 Å². The predicted molar refractivity (Wildman–Crippen MR) is 92.2 cm³/mol. The van der Waals surface area contributed by atoms with Gasteiger partial charge in [-0.2, -0.15) is 0 Å². The lowest BCUT2D eigenvalue weighted by molar-refractivity contribution is -0.133. The second kappa shape index (κ2) is 6.03. The van der Waals surface area contributed by atoms with Crippen molar-refractivity contribution in [1.82, 2.24) is 4.31 Å². The lowest BCUT2D eigenvalue weighted by atomic mass is 9.98. The van der Waals surface area contributed by atoms with Crippen molar-refractivity contribution >= 4 is 27.4 Å². The number of aliphatic hydroxyl groups is 1. The van der Waals surface area contributed by atoms with Crippen LogP contribution >= 0.6 is 0 Å². The molecular weight excluding hydrogens is 363 g/mol. The van der Waals surface area contributed by atoms with E-state index in [1.54, 1.807) is 12.1 Å². The third kappa shape index (κ3) is 2.66. The zero-order valence-electron chi connectivity index (χ0n) is 13.6. The summed E-state index contributed by atoms with van der Waals surface area (Å²) >= 11 is 0. The fourth-order valence-corrected chi connectivity index (χ4v) is 4.25. The van der Waals surface area contributed by atoms with Gasteiger partial charge in [0, 0.05) is 12.7 Å². The summed E-state index contributed by atoms with van der Waals surface area (Å²) in [7, 11) is -3.12. The van der Waals surface area contributed by atoms with Gasteiger partial charge in [0.05, 0.1) is 5.56 Å². The van der Waals surface area contributed by atoms with Crippen LogP contribution in [-0.2, 0) is 21.2 Å². The molecule has 1 aliphatic heterocycles. The van der Waals surface area contributed by atoms with E-state index in [-0.39, 0.29) is 22.6 Å². The van der Waals surface area contributed by atoms with Crippen LogP contribution < -0.4 is 5.73 Å². The average molecular weight is 378 g/mol. The molecule has 2 aromatic carbocycles. The Morgan fingerprint density at radius 1 is 1.19 bits per heavy atom. The number of carboxylic acids is 1. The highest BCUT2D eigenvalue weighted by molar-refractivity contribution is 7.89. The molecule has 1 aliphatic rings. The second-order valence-corrected chi connectivity index (χ2v) is 7.73. The monoisotopic (exact) mass is 378 g/mol. The van der Waals surface area contributed by atoms with Gasteiger partial charge in [-0.3, -0.25) is 4.31 Å². The molecule has 0 radical (unpaired) electrons. The molecule has 0 saturated carbocycles. The summed E-state index contributed by atoms with van der Waals surface area (Å²) in [5, 5.41) is 19.6. The molecule has 0 aliphatic carbocycles. The molecule has 3 rings (SSSR count). The summed E-state index contributed by atoms with van der Waals surface area (Å²) in [6.07, 6.45) is 0.255. The number of carbonyl (C=O) groups is 1. The van der Waals surface area contributed by atoms with E-state index in [2.05, 4.69) is 0 Å². The molecule has 0 fully saturated rings. The number of fused-ring (bicyclic) bond motifs is 1. The van der Waals surface area contributed by atoms with Crippen LogP contribution in [0.4, 0.5) is 10.1 Å². The Kier molecular flexibility index (Phi) is 4.11. The summed E-state index contributed by atoms with van der Waals surface area (Å²) in [6.45, 7) is 0. The number of rotatable bonds is 3. The van der Waals surface area contributed by atoms with Crippen molar-refractivity contribution in [1.29, 1.82) is 0 Å². The van der Waals surface area contributed by atoms with Crippen molar-refractivity contribution in [2.75, 3.05) is 12.8 Å². The van der Waals surface area contributed by atoms with E-state index < -0.39 is 33.3 Å². The molecule has 0 bridgehead atoms. The highest BCUT2D eigenvalue weighted by Gasteiger charge is 2.39. The first-order valence-corrected chi connectivity index (χ1v) is 8.90. The average Bonchev–Trinajstić information content (AvgIpc) is 2.56. The number of sulfonamides is 1. The number of benzene rings is 2. The smallest absolute Gasteiger partial charge is 0.357 e. The van der Waals surface area contributed by atoms with E-state index in [0.29, 0.717) is 9.87 Å². The molecule has 0 unspecified atom stereocenters. The molecule has 0 aromatic heterocycles. The molecule has 4 N–H and O–H groups in total. The Hall–Kier alpha value is -3.07. The number of nitrogen functional groups attached to an aromatic ring is 1. The number of nitrogens with two attached hydrogens (primary N) is 1. The Bertz CT molecular complexity index is 1050. The highest BCUT2D eigenvalue weighted by atomic mass is 32.2. The van der Waals surface area contributed by atoms with Crippen LogP contribution in [0, 0.1) is 5.82 Å². The van der Waals surface area contributed by atoms with Crippen LogP contribution in [0.1, 0.15) is 16.7 Å².